The molecule has 1 aromatic heterocycles. The van der Waals surface area contributed by atoms with E-state index in [1.807, 2.05) is 6.92 Å². The van der Waals surface area contributed by atoms with E-state index in [0.717, 1.165) is 12.8 Å². The summed E-state index contributed by atoms with van der Waals surface area (Å²) in [5.41, 5.74) is -2.09. The zero-order valence-corrected chi connectivity index (χ0v) is 18.4. The van der Waals surface area contributed by atoms with Crippen LogP contribution < -0.4 is 4.74 Å². The number of aliphatic hydroxyl groups is 1. The highest BCUT2D eigenvalue weighted by Gasteiger charge is 2.62. The minimum Gasteiger partial charge on any atom is -0.438 e. The zero-order chi connectivity index (χ0) is 25.3. The zero-order valence-electron chi connectivity index (χ0n) is 18.4. The van der Waals surface area contributed by atoms with Gasteiger partial charge in [0.2, 0.25) is 5.88 Å². The molecule has 0 spiro atoms. The smallest absolute Gasteiger partial charge is 0.421 e. The maximum Gasteiger partial charge on any atom is 0.421 e. The van der Waals surface area contributed by atoms with Gasteiger partial charge in [0, 0.05) is 12.1 Å². The van der Waals surface area contributed by atoms with E-state index < -0.39 is 47.3 Å². The molecule has 6 unspecified atom stereocenters. The Bertz CT molecular complexity index is 1160. The molecular weight excluding hydrogens is 480 g/mol. The van der Waals surface area contributed by atoms with Crippen molar-refractivity contribution in [2.24, 2.45) is 11.8 Å². The van der Waals surface area contributed by atoms with Crippen molar-refractivity contribution in [1.29, 1.82) is 0 Å². The molecule has 2 saturated heterocycles. The molecule has 2 bridgehead atoms. The van der Waals surface area contributed by atoms with E-state index in [-0.39, 0.29) is 41.9 Å². The molecule has 6 atom stereocenters. The van der Waals surface area contributed by atoms with Gasteiger partial charge in [-0.05, 0) is 48.6 Å². The standard InChI is InChI=1S/C24H21F6NO4/c1-2-10-3-4-12(34-22-14(24(28,29)30)7-11(9-31-22)23(25,26)27)8-13(10)17-20(32)18-15-5-6-16(35-15)19(18)21(17)33/h3-4,7-9,15-20,32H,2,5-6H2,1H3. The molecule has 5 rings (SSSR count). The van der Waals surface area contributed by atoms with Crippen molar-refractivity contribution in [3.63, 3.8) is 0 Å². The van der Waals surface area contributed by atoms with Gasteiger partial charge >= 0.3 is 12.4 Å². The molecule has 11 heteroatoms. The van der Waals surface area contributed by atoms with Crippen LogP contribution in [0.25, 0.3) is 0 Å². The Kier molecular flexibility index (Phi) is 5.63. The van der Waals surface area contributed by atoms with Crippen LogP contribution in [0.2, 0.25) is 0 Å². The Morgan fingerprint density at radius 1 is 1.09 bits per heavy atom. The summed E-state index contributed by atoms with van der Waals surface area (Å²) in [7, 11) is 0. The van der Waals surface area contributed by atoms with Crippen LogP contribution in [0.5, 0.6) is 11.6 Å². The molecule has 1 N–H and O–H groups in total. The lowest BCUT2D eigenvalue weighted by molar-refractivity contribution is -0.144. The molecule has 188 valence electrons. The monoisotopic (exact) mass is 501 g/mol. The third-order valence-corrected chi connectivity index (χ3v) is 7.23. The van der Waals surface area contributed by atoms with Gasteiger partial charge in [0.15, 0.2) is 0 Å². The van der Waals surface area contributed by atoms with Gasteiger partial charge in [-0.3, -0.25) is 4.79 Å². The van der Waals surface area contributed by atoms with Crippen LogP contribution in [0, 0.1) is 11.8 Å². The number of aryl methyl sites for hydroxylation is 1. The van der Waals surface area contributed by atoms with E-state index in [1.165, 1.54) is 12.1 Å². The van der Waals surface area contributed by atoms with Crippen molar-refractivity contribution >= 4 is 5.78 Å². The van der Waals surface area contributed by atoms with E-state index in [0.29, 0.717) is 17.5 Å². The van der Waals surface area contributed by atoms with Crippen LogP contribution in [0.15, 0.2) is 30.5 Å². The number of pyridine rings is 1. The summed E-state index contributed by atoms with van der Waals surface area (Å²) in [5, 5.41) is 11.1. The number of aromatic nitrogens is 1. The van der Waals surface area contributed by atoms with Gasteiger partial charge < -0.3 is 14.6 Å². The number of hydrogen-bond acceptors (Lipinski definition) is 5. The van der Waals surface area contributed by atoms with Gasteiger partial charge in [-0.1, -0.05) is 13.0 Å². The number of carbonyl (C=O) groups is 1. The second-order valence-corrected chi connectivity index (χ2v) is 9.15. The number of alkyl halides is 6. The van der Waals surface area contributed by atoms with Crippen molar-refractivity contribution < 1.29 is 45.7 Å². The van der Waals surface area contributed by atoms with Crippen molar-refractivity contribution in [2.75, 3.05) is 0 Å². The van der Waals surface area contributed by atoms with Gasteiger partial charge in [-0.15, -0.1) is 0 Å². The number of ether oxygens (including phenoxy) is 2. The summed E-state index contributed by atoms with van der Waals surface area (Å²) in [5.74, 6) is -3.01. The fourth-order valence-corrected chi connectivity index (χ4v) is 5.71. The summed E-state index contributed by atoms with van der Waals surface area (Å²) in [4.78, 5) is 16.6. The molecule has 1 saturated carbocycles. The SMILES string of the molecule is CCc1ccc(Oc2ncc(C(F)(F)F)cc2C(F)(F)F)cc1C1C(=O)C2C3CCC(O3)C2C1O. The lowest BCUT2D eigenvalue weighted by Crippen LogP contribution is -2.31. The molecule has 35 heavy (non-hydrogen) atoms. The predicted octanol–water partition coefficient (Wildman–Crippen LogP) is 5.29. The summed E-state index contributed by atoms with van der Waals surface area (Å²) >= 11 is 0. The first-order valence-corrected chi connectivity index (χ1v) is 11.2. The number of carbonyl (C=O) groups excluding carboxylic acids is 1. The average molecular weight is 501 g/mol. The van der Waals surface area contributed by atoms with Crippen LogP contribution in [0.4, 0.5) is 26.3 Å². The number of Topliss-reactive ketones (excluding diaryl/α,β-unsaturated/α-hetero) is 1. The van der Waals surface area contributed by atoms with Crippen molar-refractivity contribution in [3.05, 3.63) is 52.7 Å². The summed E-state index contributed by atoms with van der Waals surface area (Å²) in [6.45, 7) is 1.83. The maximum atomic E-state index is 13.5. The van der Waals surface area contributed by atoms with Crippen LogP contribution in [-0.2, 0) is 28.3 Å². The molecule has 0 radical (unpaired) electrons. The fraction of sp³-hybridized carbons (Fsp3) is 0.500. The maximum absolute atomic E-state index is 13.5. The number of nitrogens with zero attached hydrogens (tertiary/aromatic N) is 1. The van der Waals surface area contributed by atoms with Gasteiger partial charge in [0.1, 0.15) is 17.1 Å². The number of halogens is 6. The minimum absolute atomic E-state index is 0.0507. The van der Waals surface area contributed by atoms with Crippen LogP contribution in [-0.4, -0.2) is 34.2 Å². The Labute approximate surface area is 196 Å². The van der Waals surface area contributed by atoms with Crippen LogP contribution in [0.1, 0.15) is 47.9 Å². The molecule has 1 aromatic carbocycles. The van der Waals surface area contributed by atoms with E-state index >= 15 is 0 Å². The third-order valence-electron chi connectivity index (χ3n) is 7.23. The summed E-state index contributed by atoms with van der Waals surface area (Å²) in [6, 6.07) is 4.25. The lowest BCUT2D eigenvalue weighted by atomic mass is 9.81. The largest absolute Gasteiger partial charge is 0.438 e. The second kappa shape index (κ2) is 8.19. The summed E-state index contributed by atoms with van der Waals surface area (Å²) < 4.78 is 90.4. The number of rotatable bonds is 4. The molecule has 0 amide bonds. The predicted molar refractivity (Wildman–Crippen MR) is 109 cm³/mol. The van der Waals surface area contributed by atoms with Crippen molar-refractivity contribution in [2.45, 2.75) is 62.8 Å². The highest BCUT2D eigenvalue weighted by atomic mass is 19.4. The molecule has 1 aliphatic carbocycles. The van der Waals surface area contributed by atoms with E-state index in [9.17, 15) is 36.2 Å². The Balaban J connectivity index is 1.51. The topological polar surface area (TPSA) is 68.7 Å². The highest BCUT2D eigenvalue weighted by Crippen LogP contribution is 2.55. The normalized spacial score (nSPS) is 30.1. The number of hydrogen-bond donors (Lipinski definition) is 1. The molecular formula is C24H21F6NO4. The molecule has 5 nitrogen and oxygen atoms in total. The first-order valence-electron chi connectivity index (χ1n) is 11.2. The van der Waals surface area contributed by atoms with Gasteiger partial charge in [-0.2, -0.15) is 26.3 Å². The molecule has 3 aliphatic rings. The summed E-state index contributed by atoms with van der Waals surface area (Å²) in [6.07, 6.45) is -9.38. The van der Waals surface area contributed by atoms with E-state index in [4.69, 9.17) is 9.47 Å². The van der Waals surface area contributed by atoms with Crippen molar-refractivity contribution in [3.8, 4) is 11.6 Å². The second-order valence-electron chi connectivity index (χ2n) is 9.15. The minimum atomic E-state index is -5.15. The Morgan fingerprint density at radius 3 is 2.43 bits per heavy atom. The lowest BCUT2D eigenvalue weighted by Gasteiger charge is -2.24. The number of benzene rings is 1. The molecule has 2 aliphatic heterocycles. The Morgan fingerprint density at radius 2 is 1.80 bits per heavy atom. The number of fused-ring (bicyclic) bond motifs is 5. The van der Waals surface area contributed by atoms with E-state index in [2.05, 4.69) is 4.98 Å². The molecule has 3 heterocycles. The van der Waals surface area contributed by atoms with Crippen LogP contribution >= 0.6 is 0 Å². The quantitative estimate of drug-likeness (QED) is 0.577. The van der Waals surface area contributed by atoms with Crippen LogP contribution in [0.3, 0.4) is 0 Å². The average Bonchev–Trinajstić information content (AvgIpc) is 3.46. The fourth-order valence-electron chi connectivity index (χ4n) is 5.71. The first kappa shape index (κ1) is 24.1. The first-order chi connectivity index (χ1) is 16.4. The highest BCUT2D eigenvalue weighted by molar-refractivity contribution is 5.93. The molecule has 2 aromatic rings. The van der Waals surface area contributed by atoms with Gasteiger partial charge in [-0.25, -0.2) is 4.98 Å². The van der Waals surface area contributed by atoms with Gasteiger partial charge in [0.05, 0.1) is 35.7 Å². The Hall–Kier alpha value is -2.66. The molecule has 3 fully saturated rings. The van der Waals surface area contributed by atoms with Gasteiger partial charge in [0.25, 0.3) is 0 Å². The van der Waals surface area contributed by atoms with Crippen molar-refractivity contribution in [1.82, 2.24) is 4.98 Å². The number of aliphatic hydroxyl groups excluding tert-OH is 1. The third kappa shape index (κ3) is 3.98. The number of ketones is 1. The van der Waals surface area contributed by atoms with E-state index in [1.54, 1.807) is 6.07 Å².